The molecule has 0 aromatic carbocycles. The number of piperazine rings is 1. The second-order valence-electron chi connectivity index (χ2n) is 4.47. The van der Waals surface area contributed by atoms with Crippen LogP contribution in [0.4, 0.5) is 0 Å². The van der Waals surface area contributed by atoms with Gasteiger partial charge in [-0.3, -0.25) is 9.69 Å². The molecule has 1 aliphatic heterocycles. The molecule has 0 bridgehead atoms. The van der Waals surface area contributed by atoms with E-state index in [0.717, 1.165) is 13.1 Å². The third-order valence-corrected chi connectivity index (χ3v) is 3.22. The Balaban J connectivity index is 2.00. The third-order valence-electron chi connectivity index (χ3n) is 3.22. The molecule has 0 saturated carbocycles. The number of hydrogen-bond acceptors (Lipinski definition) is 5. The monoisotopic (exact) mass is 264 g/mol. The Hall–Kier alpha value is -2.02. The summed E-state index contributed by atoms with van der Waals surface area (Å²) in [5.41, 5.74) is 0.648. The van der Waals surface area contributed by atoms with Crippen LogP contribution in [0, 0.1) is 0 Å². The number of hydrogen-bond donors (Lipinski definition) is 1. The summed E-state index contributed by atoms with van der Waals surface area (Å²) in [6.45, 7) is 4.81. The lowest BCUT2D eigenvalue weighted by atomic mass is 10.2. The van der Waals surface area contributed by atoms with Crippen molar-refractivity contribution in [2.24, 2.45) is 0 Å². The minimum atomic E-state index is -1.02. The number of aromatic nitrogens is 2. The molecular formula is C12H16N4O3. The number of carboxylic acids is 1. The molecule has 0 aliphatic carbocycles. The molecule has 0 unspecified atom stereocenters. The van der Waals surface area contributed by atoms with Crippen LogP contribution in [0.3, 0.4) is 0 Å². The number of nitrogens with zero attached hydrogens (tertiary/aromatic N) is 4. The number of aromatic carboxylic acids is 1. The lowest BCUT2D eigenvalue weighted by Crippen LogP contribution is -2.47. The third kappa shape index (κ3) is 3.25. The molecular weight excluding hydrogens is 248 g/mol. The van der Waals surface area contributed by atoms with Crippen LogP contribution in [0.1, 0.15) is 23.0 Å². The highest BCUT2D eigenvalue weighted by Gasteiger charge is 2.21. The molecule has 1 aromatic rings. The summed E-state index contributed by atoms with van der Waals surface area (Å²) in [7, 11) is 0. The maximum absolute atomic E-state index is 11.2. The molecule has 0 spiro atoms. The molecule has 7 heteroatoms. The zero-order valence-electron chi connectivity index (χ0n) is 10.7. The van der Waals surface area contributed by atoms with Crippen LogP contribution in [-0.2, 0) is 11.3 Å². The second kappa shape index (κ2) is 5.75. The first kappa shape index (κ1) is 13.4. The Bertz CT molecular complexity index is 484. The van der Waals surface area contributed by atoms with Crippen molar-refractivity contribution in [2.75, 3.05) is 26.2 Å². The zero-order valence-corrected chi connectivity index (χ0v) is 10.7. The van der Waals surface area contributed by atoms with Gasteiger partial charge in [0.05, 0.1) is 5.69 Å². The van der Waals surface area contributed by atoms with E-state index in [4.69, 9.17) is 5.11 Å². The van der Waals surface area contributed by atoms with E-state index in [0.29, 0.717) is 25.3 Å². The van der Waals surface area contributed by atoms with Crippen molar-refractivity contribution < 1.29 is 14.7 Å². The molecule has 0 atom stereocenters. The van der Waals surface area contributed by atoms with Crippen molar-refractivity contribution in [3.8, 4) is 0 Å². The summed E-state index contributed by atoms with van der Waals surface area (Å²) in [6, 6.07) is 0. The van der Waals surface area contributed by atoms with Crippen LogP contribution in [0.2, 0.25) is 0 Å². The van der Waals surface area contributed by atoms with Gasteiger partial charge in [-0.25, -0.2) is 14.8 Å². The zero-order chi connectivity index (χ0) is 13.8. The summed E-state index contributed by atoms with van der Waals surface area (Å²) in [5.74, 6) is -0.939. The van der Waals surface area contributed by atoms with Crippen LogP contribution < -0.4 is 0 Å². The summed E-state index contributed by atoms with van der Waals surface area (Å²) in [4.78, 5) is 33.9. The Morgan fingerprint density at radius 2 is 2.00 bits per heavy atom. The Morgan fingerprint density at radius 3 is 2.58 bits per heavy atom. The fraction of sp³-hybridized carbons (Fsp3) is 0.500. The maximum atomic E-state index is 11.2. The lowest BCUT2D eigenvalue weighted by molar-refractivity contribution is -0.130. The van der Waals surface area contributed by atoms with Crippen LogP contribution in [0.5, 0.6) is 0 Å². The van der Waals surface area contributed by atoms with Gasteiger partial charge in [0.25, 0.3) is 0 Å². The number of rotatable bonds is 3. The Kier molecular flexibility index (Phi) is 4.06. The van der Waals surface area contributed by atoms with E-state index >= 15 is 0 Å². The Labute approximate surface area is 110 Å². The number of amides is 1. The quantitative estimate of drug-likeness (QED) is 0.816. The van der Waals surface area contributed by atoms with Gasteiger partial charge in [0.2, 0.25) is 5.91 Å². The fourth-order valence-corrected chi connectivity index (χ4v) is 2.09. The van der Waals surface area contributed by atoms with Crippen molar-refractivity contribution >= 4 is 11.9 Å². The van der Waals surface area contributed by atoms with Crippen LogP contribution in [0.15, 0.2) is 12.5 Å². The van der Waals surface area contributed by atoms with Gasteiger partial charge in [-0.1, -0.05) is 0 Å². The molecule has 1 aliphatic rings. The lowest BCUT2D eigenvalue weighted by Gasteiger charge is -2.34. The van der Waals surface area contributed by atoms with Gasteiger partial charge >= 0.3 is 5.97 Å². The van der Waals surface area contributed by atoms with Crippen molar-refractivity contribution in [3.63, 3.8) is 0 Å². The highest BCUT2D eigenvalue weighted by Crippen LogP contribution is 2.10. The minimum Gasteiger partial charge on any atom is -0.478 e. The highest BCUT2D eigenvalue weighted by molar-refractivity contribution is 5.88. The van der Waals surface area contributed by atoms with Gasteiger partial charge < -0.3 is 10.0 Å². The van der Waals surface area contributed by atoms with Crippen LogP contribution in [-0.4, -0.2) is 62.9 Å². The van der Waals surface area contributed by atoms with E-state index in [1.165, 1.54) is 12.5 Å². The molecule has 1 fully saturated rings. The molecule has 2 heterocycles. The van der Waals surface area contributed by atoms with Crippen molar-refractivity contribution in [1.82, 2.24) is 19.8 Å². The van der Waals surface area contributed by atoms with Gasteiger partial charge in [-0.2, -0.15) is 0 Å². The van der Waals surface area contributed by atoms with Crippen LogP contribution in [0.25, 0.3) is 0 Å². The number of carbonyl (C=O) groups is 2. The van der Waals surface area contributed by atoms with Crippen molar-refractivity contribution in [1.29, 1.82) is 0 Å². The van der Waals surface area contributed by atoms with Crippen molar-refractivity contribution in [2.45, 2.75) is 13.5 Å². The summed E-state index contributed by atoms with van der Waals surface area (Å²) in [5, 5.41) is 9.06. The fourth-order valence-electron chi connectivity index (χ4n) is 2.09. The van der Waals surface area contributed by atoms with E-state index < -0.39 is 5.97 Å². The Morgan fingerprint density at radius 1 is 1.32 bits per heavy atom. The van der Waals surface area contributed by atoms with Gasteiger partial charge in [0.1, 0.15) is 11.9 Å². The largest absolute Gasteiger partial charge is 0.478 e. The first-order chi connectivity index (χ1) is 9.08. The van der Waals surface area contributed by atoms with Gasteiger partial charge in [-0.15, -0.1) is 0 Å². The first-order valence-corrected chi connectivity index (χ1v) is 6.08. The summed E-state index contributed by atoms with van der Waals surface area (Å²) in [6.07, 6.45) is 2.67. The van der Waals surface area contributed by atoms with E-state index in [9.17, 15) is 9.59 Å². The molecule has 2 rings (SSSR count). The minimum absolute atomic E-state index is 0.0768. The van der Waals surface area contributed by atoms with Gasteiger partial charge in [0.15, 0.2) is 0 Å². The molecule has 1 N–H and O–H groups in total. The molecule has 102 valence electrons. The molecule has 1 saturated heterocycles. The van der Waals surface area contributed by atoms with Gasteiger partial charge in [0, 0.05) is 45.8 Å². The smallest absolute Gasteiger partial charge is 0.339 e. The number of carbonyl (C=O) groups excluding carboxylic acids is 1. The average molecular weight is 264 g/mol. The topological polar surface area (TPSA) is 86.6 Å². The molecule has 7 nitrogen and oxygen atoms in total. The normalized spacial score (nSPS) is 16.4. The van der Waals surface area contributed by atoms with E-state index in [-0.39, 0.29) is 11.5 Å². The molecule has 1 amide bonds. The predicted molar refractivity (Wildman–Crippen MR) is 66.5 cm³/mol. The second-order valence-corrected chi connectivity index (χ2v) is 4.47. The SMILES string of the molecule is CC(=O)N1CCN(Cc2ncncc2C(=O)O)CC1. The van der Waals surface area contributed by atoms with E-state index in [1.807, 2.05) is 0 Å². The molecule has 19 heavy (non-hydrogen) atoms. The predicted octanol–water partition coefficient (Wildman–Crippen LogP) is -0.161. The molecule has 0 radical (unpaired) electrons. The molecule has 1 aromatic heterocycles. The van der Waals surface area contributed by atoms with Crippen molar-refractivity contribution in [3.05, 3.63) is 23.8 Å². The maximum Gasteiger partial charge on any atom is 0.339 e. The van der Waals surface area contributed by atoms with E-state index in [2.05, 4.69) is 14.9 Å². The standard InChI is InChI=1S/C12H16N4O3/c1-9(17)16-4-2-15(3-5-16)7-11-10(12(18)19)6-13-8-14-11/h6,8H,2-5,7H2,1H3,(H,18,19). The summed E-state index contributed by atoms with van der Waals surface area (Å²) < 4.78 is 0. The average Bonchev–Trinajstić information content (AvgIpc) is 2.39. The summed E-state index contributed by atoms with van der Waals surface area (Å²) >= 11 is 0. The number of carboxylic acid groups (broad SMARTS) is 1. The van der Waals surface area contributed by atoms with Gasteiger partial charge in [-0.05, 0) is 0 Å². The van der Waals surface area contributed by atoms with E-state index in [1.54, 1.807) is 11.8 Å². The van der Waals surface area contributed by atoms with Crippen LogP contribution >= 0.6 is 0 Å². The first-order valence-electron chi connectivity index (χ1n) is 6.08. The highest BCUT2D eigenvalue weighted by atomic mass is 16.4.